The molecular formula is C25H31F3. The topological polar surface area (TPSA) is 0 Å². The molecule has 2 saturated carbocycles. The first-order chi connectivity index (χ1) is 13.5. The molecule has 28 heavy (non-hydrogen) atoms. The van der Waals surface area contributed by atoms with Crippen LogP contribution < -0.4 is 0 Å². The highest BCUT2D eigenvalue weighted by Crippen LogP contribution is 2.37. The van der Waals surface area contributed by atoms with Gasteiger partial charge in [-0.25, -0.2) is 0 Å². The Hall–Kier alpha value is -1.69. The van der Waals surface area contributed by atoms with E-state index < -0.39 is 11.7 Å². The van der Waals surface area contributed by atoms with Crippen LogP contribution in [0.5, 0.6) is 0 Å². The fourth-order valence-electron chi connectivity index (χ4n) is 4.65. The second-order valence-corrected chi connectivity index (χ2v) is 8.51. The van der Waals surface area contributed by atoms with Crippen molar-refractivity contribution in [3.05, 3.63) is 47.5 Å². The second-order valence-electron chi connectivity index (χ2n) is 8.51. The van der Waals surface area contributed by atoms with Gasteiger partial charge in [-0.3, -0.25) is 0 Å². The smallest absolute Gasteiger partial charge is 0.166 e. The second kappa shape index (κ2) is 9.68. The lowest BCUT2D eigenvalue weighted by Gasteiger charge is -2.26. The van der Waals surface area contributed by atoms with Crippen molar-refractivity contribution in [1.82, 2.24) is 0 Å². The van der Waals surface area contributed by atoms with Gasteiger partial charge >= 0.3 is 6.18 Å². The minimum Gasteiger partial charge on any atom is -0.166 e. The molecule has 0 aromatic heterocycles. The Balaban J connectivity index is 1.43. The van der Waals surface area contributed by atoms with E-state index in [9.17, 15) is 13.2 Å². The molecule has 0 aliphatic heterocycles. The molecule has 0 radical (unpaired) electrons. The van der Waals surface area contributed by atoms with E-state index in [1.807, 2.05) is 0 Å². The lowest BCUT2D eigenvalue weighted by Crippen LogP contribution is -2.12. The van der Waals surface area contributed by atoms with Crippen molar-refractivity contribution in [3.8, 4) is 11.8 Å². The Bertz CT molecular complexity index is 686. The maximum absolute atomic E-state index is 12.7. The van der Waals surface area contributed by atoms with Gasteiger partial charge in [-0.1, -0.05) is 43.4 Å². The van der Waals surface area contributed by atoms with Crippen LogP contribution in [-0.2, 0) is 6.18 Å². The van der Waals surface area contributed by atoms with E-state index in [2.05, 4.69) is 30.9 Å². The van der Waals surface area contributed by atoms with Crippen molar-refractivity contribution in [2.45, 2.75) is 76.8 Å². The molecule has 0 spiro atoms. The maximum atomic E-state index is 12.7. The lowest BCUT2D eigenvalue weighted by molar-refractivity contribution is -0.137. The third-order valence-corrected chi connectivity index (χ3v) is 6.64. The summed E-state index contributed by atoms with van der Waals surface area (Å²) in [7, 11) is 0. The van der Waals surface area contributed by atoms with Crippen LogP contribution in [0.4, 0.5) is 13.2 Å². The highest BCUT2D eigenvalue weighted by Gasteiger charge is 2.30. The van der Waals surface area contributed by atoms with E-state index in [0.717, 1.165) is 37.2 Å². The van der Waals surface area contributed by atoms with Crippen molar-refractivity contribution in [1.29, 1.82) is 0 Å². The molecule has 2 aliphatic rings. The van der Waals surface area contributed by atoms with Gasteiger partial charge in [0.2, 0.25) is 0 Å². The molecule has 1 aromatic rings. The Morgan fingerprint density at radius 1 is 0.929 bits per heavy atom. The summed E-state index contributed by atoms with van der Waals surface area (Å²) >= 11 is 0. The summed E-state index contributed by atoms with van der Waals surface area (Å²) in [5, 5.41) is 0. The fraction of sp³-hybridized carbons (Fsp3) is 0.600. The molecule has 0 nitrogen and oxygen atoms in total. The highest BCUT2D eigenvalue weighted by molar-refractivity contribution is 5.28. The fourth-order valence-corrected chi connectivity index (χ4v) is 4.65. The normalized spacial score (nSPS) is 28.7. The Labute approximate surface area is 167 Å². The first kappa shape index (κ1) is 21.0. The molecule has 3 heteroatoms. The van der Waals surface area contributed by atoms with Gasteiger partial charge in [0.15, 0.2) is 0 Å². The van der Waals surface area contributed by atoms with Crippen molar-refractivity contribution >= 4 is 0 Å². The van der Waals surface area contributed by atoms with Crippen LogP contribution in [0.1, 0.15) is 81.8 Å². The molecule has 2 aliphatic carbocycles. The summed E-state index contributed by atoms with van der Waals surface area (Å²) in [6.07, 6.45) is 10.8. The van der Waals surface area contributed by atoms with E-state index in [0.29, 0.717) is 17.8 Å². The Kier molecular flexibility index (Phi) is 7.27. The minimum atomic E-state index is -4.26. The van der Waals surface area contributed by atoms with Crippen molar-refractivity contribution in [3.63, 3.8) is 0 Å². The molecule has 2 fully saturated rings. The summed E-state index contributed by atoms with van der Waals surface area (Å²) in [6.45, 7) is 2.29. The SMILES string of the molecule is CCC1CCC(/C=C/C#CC2CCC(c3ccc(C(F)(F)F)cc3)CC2)CC1. The van der Waals surface area contributed by atoms with Gasteiger partial charge in [0.25, 0.3) is 0 Å². The zero-order valence-electron chi connectivity index (χ0n) is 16.8. The van der Waals surface area contributed by atoms with E-state index in [-0.39, 0.29) is 0 Å². The first-order valence-corrected chi connectivity index (χ1v) is 10.8. The van der Waals surface area contributed by atoms with E-state index in [1.165, 1.54) is 44.2 Å². The summed E-state index contributed by atoms with van der Waals surface area (Å²) < 4.78 is 38.1. The van der Waals surface area contributed by atoms with E-state index >= 15 is 0 Å². The largest absolute Gasteiger partial charge is 0.416 e. The van der Waals surface area contributed by atoms with Gasteiger partial charge in [-0.05, 0) is 92.9 Å². The number of allylic oxidation sites excluding steroid dienone is 2. The monoisotopic (exact) mass is 388 g/mol. The van der Waals surface area contributed by atoms with Crippen molar-refractivity contribution < 1.29 is 13.2 Å². The van der Waals surface area contributed by atoms with Crippen molar-refractivity contribution in [2.75, 3.05) is 0 Å². The van der Waals surface area contributed by atoms with Gasteiger partial charge < -0.3 is 0 Å². The minimum absolute atomic E-state index is 0.365. The first-order valence-electron chi connectivity index (χ1n) is 10.8. The molecule has 0 heterocycles. The summed E-state index contributed by atoms with van der Waals surface area (Å²) in [4.78, 5) is 0. The third-order valence-electron chi connectivity index (χ3n) is 6.64. The van der Waals surface area contributed by atoms with Gasteiger partial charge in [-0.15, -0.1) is 0 Å². The maximum Gasteiger partial charge on any atom is 0.416 e. The molecule has 152 valence electrons. The van der Waals surface area contributed by atoms with Crippen LogP contribution >= 0.6 is 0 Å². The van der Waals surface area contributed by atoms with Gasteiger partial charge in [0.05, 0.1) is 5.56 Å². The predicted octanol–water partition coefficient (Wildman–Crippen LogP) is 7.76. The van der Waals surface area contributed by atoms with Crippen molar-refractivity contribution in [2.24, 2.45) is 17.8 Å². The number of rotatable bonds is 3. The Morgan fingerprint density at radius 3 is 2.14 bits per heavy atom. The zero-order valence-corrected chi connectivity index (χ0v) is 16.8. The van der Waals surface area contributed by atoms with Crippen LogP contribution in [-0.4, -0.2) is 0 Å². The summed E-state index contributed by atoms with van der Waals surface area (Å²) in [5.74, 6) is 9.06. The Morgan fingerprint density at radius 2 is 1.57 bits per heavy atom. The average Bonchev–Trinajstić information content (AvgIpc) is 2.71. The number of halogens is 3. The van der Waals surface area contributed by atoms with Crippen LogP contribution in [0.3, 0.4) is 0 Å². The molecule has 3 rings (SSSR count). The zero-order chi connectivity index (χ0) is 20.0. The highest BCUT2D eigenvalue weighted by atomic mass is 19.4. The van der Waals surface area contributed by atoms with E-state index in [4.69, 9.17) is 0 Å². The molecule has 0 amide bonds. The van der Waals surface area contributed by atoms with Crippen LogP contribution in [0.2, 0.25) is 0 Å². The van der Waals surface area contributed by atoms with Crippen LogP contribution in [0.25, 0.3) is 0 Å². The molecule has 0 saturated heterocycles. The average molecular weight is 389 g/mol. The number of alkyl halides is 3. The predicted molar refractivity (Wildman–Crippen MR) is 109 cm³/mol. The molecule has 1 aromatic carbocycles. The number of benzene rings is 1. The molecule has 0 atom stereocenters. The molecule has 0 unspecified atom stereocenters. The van der Waals surface area contributed by atoms with Gasteiger partial charge in [0.1, 0.15) is 0 Å². The number of hydrogen-bond acceptors (Lipinski definition) is 0. The standard InChI is InChI=1S/C25H31F3/c1-2-19-7-9-20(10-8-19)5-3-4-6-21-11-13-22(14-12-21)23-15-17-24(18-16-23)25(26,27)28/h3,5,15-22H,2,7-14H2,1H3/b5-3+. The summed E-state index contributed by atoms with van der Waals surface area (Å²) in [5.41, 5.74) is 0.466. The molecule has 0 N–H and O–H groups in total. The quantitative estimate of drug-likeness (QED) is 0.464. The third kappa shape index (κ3) is 5.90. The molecule has 0 bridgehead atoms. The van der Waals surface area contributed by atoms with Crippen LogP contribution in [0, 0.1) is 29.6 Å². The van der Waals surface area contributed by atoms with E-state index in [1.54, 1.807) is 12.1 Å². The van der Waals surface area contributed by atoms with Crippen LogP contribution in [0.15, 0.2) is 36.4 Å². The summed E-state index contributed by atoms with van der Waals surface area (Å²) in [6, 6.07) is 5.71. The van der Waals surface area contributed by atoms with Gasteiger partial charge in [-0.2, -0.15) is 13.2 Å². The van der Waals surface area contributed by atoms with Gasteiger partial charge in [0, 0.05) is 5.92 Å². The molecular weight excluding hydrogens is 357 g/mol. The lowest BCUT2D eigenvalue weighted by atomic mass is 9.79. The number of hydrogen-bond donors (Lipinski definition) is 0.